The van der Waals surface area contributed by atoms with Crippen LogP contribution in [0.4, 0.5) is 0 Å². The number of nitrogens with one attached hydrogen (secondary N) is 2. The van der Waals surface area contributed by atoms with Gasteiger partial charge < -0.3 is 20.1 Å². The van der Waals surface area contributed by atoms with E-state index in [-0.39, 0.29) is 23.6 Å². The maximum atomic E-state index is 12.6. The molecule has 7 heteroatoms. The van der Waals surface area contributed by atoms with Gasteiger partial charge in [0.25, 0.3) is 11.8 Å². The first-order chi connectivity index (χ1) is 13.5. The van der Waals surface area contributed by atoms with Crippen LogP contribution in [-0.2, 0) is 9.53 Å². The summed E-state index contributed by atoms with van der Waals surface area (Å²) < 4.78 is 10.6. The largest absolute Gasteiger partial charge is 0.497 e. The van der Waals surface area contributed by atoms with Gasteiger partial charge in [-0.3, -0.25) is 9.59 Å². The van der Waals surface area contributed by atoms with E-state index >= 15 is 0 Å². The quantitative estimate of drug-likeness (QED) is 0.471. The number of rotatable bonds is 10. The molecule has 1 aromatic carbocycles. The molecular weight excluding hydrogens is 376 g/mol. The Hall–Kier alpha value is -2.64. The molecule has 2 amide bonds. The van der Waals surface area contributed by atoms with E-state index < -0.39 is 0 Å². The molecule has 1 heterocycles. The zero-order chi connectivity index (χ0) is 20.4. The second-order valence-electron chi connectivity index (χ2n) is 6.29. The second kappa shape index (κ2) is 11.3. The number of hydrogen-bond donors (Lipinski definition) is 2. The Kier molecular flexibility index (Phi) is 8.71. The fraction of sp³-hybridized carbons (Fsp3) is 0.333. The fourth-order valence-electron chi connectivity index (χ4n) is 2.30. The molecule has 0 bridgehead atoms. The third-order valence-corrected chi connectivity index (χ3v) is 4.55. The van der Waals surface area contributed by atoms with E-state index in [4.69, 9.17) is 9.47 Å². The topological polar surface area (TPSA) is 76.7 Å². The van der Waals surface area contributed by atoms with E-state index in [9.17, 15) is 9.59 Å². The Bertz CT molecular complexity index is 783. The molecule has 0 atom stereocenters. The molecule has 0 aliphatic heterocycles. The highest BCUT2D eigenvalue weighted by Gasteiger charge is 2.15. The average molecular weight is 403 g/mol. The number of carbonyl (C=O) groups is 2. The zero-order valence-electron chi connectivity index (χ0n) is 16.4. The predicted octanol–water partition coefficient (Wildman–Crippen LogP) is 3.46. The van der Waals surface area contributed by atoms with Crippen LogP contribution < -0.4 is 15.4 Å². The van der Waals surface area contributed by atoms with Crippen molar-refractivity contribution in [1.82, 2.24) is 10.6 Å². The summed E-state index contributed by atoms with van der Waals surface area (Å²) in [4.78, 5) is 26.0. The Balaban J connectivity index is 2.02. The van der Waals surface area contributed by atoms with Crippen LogP contribution >= 0.6 is 11.3 Å². The van der Waals surface area contributed by atoms with Gasteiger partial charge in [0.05, 0.1) is 13.2 Å². The molecule has 0 fully saturated rings. The van der Waals surface area contributed by atoms with Crippen LogP contribution in [-0.4, -0.2) is 38.2 Å². The van der Waals surface area contributed by atoms with Crippen molar-refractivity contribution in [3.8, 4) is 5.75 Å². The van der Waals surface area contributed by atoms with E-state index in [0.717, 1.165) is 4.88 Å². The van der Waals surface area contributed by atoms with Gasteiger partial charge in [0.2, 0.25) is 0 Å². The Morgan fingerprint density at radius 2 is 1.93 bits per heavy atom. The first-order valence-electron chi connectivity index (χ1n) is 9.10. The molecule has 0 spiro atoms. The maximum Gasteiger partial charge on any atom is 0.267 e. The smallest absolute Gasteiger partial charge is 0.267 e. The summed E-state index contributed by atoms with van der Waals surface area (Å²) in [5.74, 6) is -0.0316. The second-order valence-corrected chi connectivity index (χ2v) is 7.26. The lowest BCUT2D eigenvalue weighted by molar-refractivity contribution is -0.117. The van der Waals surface area contributed by atoms with Crippen molar-refractivity contribution in [2.24, 2.45) is 0 Å². The van der Waals surface area contributed by atoms with Crippen LogP contribution in [0.1, 0.15) is 35.5 Å². The van der Waals surface area contributed by atoms with Crippen molar-refractivity contribution < 1.29 is 19.1 Å². The van der Waals surface area contributed by atoms with Crippen LogP contribution in [0, 0.1) is 0 Å². The van der Waals surface area contributed by atoms with Crippen molar-refractivity contribution in [1.29, 1.82) is 0 Å². The Labute approximate surface area is 169 Å². The lowest BCUT2D eigenvalue weighted by Crippen LogP contribution is -2.35. The molecule has 150 valence electrons. The van der Waals surface area contributed by atoms with Gasteiger partial charge in [-0.2, -0.15) is 0 Å². The highest BCUT2D eigenvalue weighted by atomic mass is 32.1. The lowest BCUT2D eigenvalue weighted by Gasteiger charge is -2.12. The van der Waals surface area contributed by atoms with Gasteiger partial charge in [-0.25, -0.2) is 0 Å². The van der Waals surface area contributed by atoms with Gasteiger partial charge in [0.15, 0.2) is 0 Å². The molecule has 0 saturated heterocycles. The third-order valence-electron chi connectivity index (χ3n) is 3.73. The van der Waals surface area contributed by atoms with Crippen LogP contribution in [0.25, 0.3) is 6.08 Å². The van der Waals surface area contributed by atoms with Crippen molar-refractivity contribution in [2.75, 3.05) is 20.3 Å². The molecule has 6 nitrogen and oxygen atoms in total. The number of amides is 2. The molecule has 28 heavy (non-hydrogen) atoms. The van der Waals surface area contributed by atoms with Crippen LogP contribution in [0.5, 0.6) is 5.75 Å². The third kappa shape index (κ3) is 7.17. The van der Waals surface area contributed by atoms with E-state index in [2.05, 4.69) is 10.6 Å². The monoisotopic (exact) mass is 402 g/mol. The summed E-state index contributed by atoms with van der Waals surface area (Å²) >= 11 is 1.49. The normalized spacial score (nSPS) is 11.4. The summed E-state index contributed by atoms with van der Waals surface area (Å²) in [6.45, 7) is 4.97. The maximum absolute atomic E-state index is 12.6. The molecule has 2 rings (SSSR count). The minimum absolute atomic E-state index is 0.161. The number of thiophene rings is 1. The zero-order valence-corrected chi connectivity index (χ0v) is 17.2. The van der Waals surface area contributed by atoms with E-state index in [0.29, 0.717) is 30.9 Å². The van der Waals surface area contributed by atoms with E-state index in [1.807, 2.05) is 31.4 Å². The van der Waals surface area contributed by atoms with Gasteiger partial charge in [0, 0.05) is 23.6 Å². The Morgan fingerprint density at radius 1 is 1.18 bits per heavy atom. The summed E-state index contributed by atoms with van der Waals surface area (Å²) in [6.07, 6.45) is 2.53. The molecule has 0 aliphatic rings. The van der Waals surface area contributed by atoms with Crippen molar-refractivity contribution in [3.05, 3.63) is 57.9 Å². The highest BCUT2D eigenvalue weighted by Crippen LogP contribution is 2.14. The molecule has 2 aromatic rings. The van der Waals surface area contributed by atoms with Crippen molar-refractivity contribution in [3.63, 3.8) is 0 Å². The van der Waals surface area contributed by atoms with Crippen molar-refractivity contribution in [2.45, 2.75) is 26.4 Å². The number of carbonyl (C=O) groups excluding carboxylic acids is 2. The average Bonchev–Trinajstić information content (AvgIpc) is 3.20. The van der Waals surface area contributed by atoms with E-state index in [1.54, 1.807) is 37.5 Å². The number of ether oxygens (including phenoxy) is 2. The summed E-state index contributed by atoms with van der Waals surface area (Å²) in [7, 11) is 1.56. The van der Waals surface area contributed by atoms with Gasteiger partial charge in [-0.15, -0.1) is 11.3 Å². The minimum atomic E-state index is -0.358. The first kappa shape index (κ1) is 21.7. The SMILES string of the molecule is COc1ccc(C(=O)N/C(=C\c2cccs2)C(=O)NCCCOC(C)C)cc1. The standard InChI is InChI=1S/C21H26N2O4S/c1-15(2)27-12-5-11-22-21(25)19(14-18-6-4-13-28-18)23-20(24)16-7-9-17(26-3)10-8-16/h4,6-10,13-15H,5,11-12H2,1-3H3,(H,22,25)(H,23,24)/b19-14-. The van der Waals surface area contributed by atoms with Crippen LogP contribution in [0.15, 0.2) is 47.5 Å². The molecule has 0 radical (unpaired) electrons. The summed E-state index contributed by atoms with van der Waals surface area (Å²) in [5.41, 5.74) is 0.643. The van der Waals surface area contributed by atoms with Crippen molar-refractivity contribution >= 4 is 29.2 Å². The van der Waals surface area contributed by atoms with Gasteiger partial charge >= 0.3 is 0 Å². The van der Waals surface area contributed by atoms with Crippen LogP contribution in [0.2, 0.25) is 0 Å². The Morgan fingerprint density at radius 3 is 2.54 bits per heavy atom. The number of methoxy groups -OCH3 is 1. The molecule has 2 N–H and O–H groups in total. The molecule has 0 saturated carbocycles. The lowest BCUT2D eigenvalue weighted by atomic mass is 10.2. The van der Waals surface area contributed by atoms with E-state index in [1.165, 1.54) is 11.3 Å². The highest BCUT2D eigenvalue weighted by molar-refractivity contribution is 7.10. The fourth-order valence-corrected chi connectivity index (χ4v) is 2.96. The summed E-state index contributed by atoms with van der Waals surface area (Å²) in [6, 6.07) is 10.5. The summed E-state index contributed by atoms with van der Waals surface area (Å²) in [5, 5.41) is 7.45. The van der Waals surface area contributed by atoms with Gasteiger partial charge in [-0.1, -0.05) is 6.07 Å². The molecule has 0 unspecified atom stereocenters. The molecular formula is C21H26N2O4S. The minimum Gasteiger partial charge on any atom is -0.497 e. The van der Waals surface area contributed by atoms with Gasteiger partial charge in [-0.05, 0) is 62.1 Å². The molecule has 0 aliphatic carbocycles. The predicted molar refractivity (Wildman–Crippen MR) is 111 cm³/mol. The molecule has 1 aromatic heterocycles. The number of hydrogen-bond acceptors (Lipinski definition) is 5. The van der Waals surface area contributed by atoms with Gasteiger partial charge in [0.1, 0.15) is 11.4 Å². The first-order valence-corrected chi connectivity index (χ1v) is 9.98. The van der Waals surface area contributed by atoms with Crippen LogP contribution in [0.3, 0.4) is 0 Å². The number of benzene rings is 1.